The van der Waals surface area contributed by atoms with Gasteiger partial charge in [0.25, 0.3) is 0 Å². The third-order valence-electron chi connectivity index (χ3n) is 7.28. The summed E-state index contributed by atoms with van der Waals surface area (Å²) in [5.41, 5.74) is 3.49. The molecular weight excluding hydrogens is 476 g/mol. The summed E-state index contributed by atoms with van der Waals surface area (Å²) < 4.78 is 7.12. The van der Waals surface area contributed by atoms with Crippen LogP contribution in [0.5, 0.6) is 0 Å². The summed E-state index contributed by atoms with van der Waals surface area (Å²) >= 11 is 0. The topological polar surface area (TPSA) is 155 Å². The van der Waals surface area contributed by atoms with Crippen LogP contribution in [0.15, 0.2) is 60.7 Å². The summed E-state index contributed by atoms with van der Waals surface area (Å²) in [4.78, 5) is 25.6. The predicted molar refractivity (Wildman–Crippen MR) is 133 cm³/mol. The first kappa shape index (κ1) is 23.7. The molecule has 6 atom stereocenters. The molecule has 5 N–H and O–H groups in total. The van der Waals surface area contributed by atoms with Gasteiger partial charge in [-0.2, -0.15) is 0 Å². The van der Waals surface area contributed by atoms with Crippen molar-refractivity contribution in [3.63, 3.8) is 0 Å². The highest BCUT2D eigenvalue weighted by atomic mass is 16.6. The monoisotopic (exact) mass is 504 g/mol. The Morgan fingerprint density at radius 3 is 2.59 bits per heavy atom. The minimum atomic E-state index is -1.24. The van der Waals surface area contributed by atoms with Gasteiger partial charge in [0.05, 0.1) is 12.9 Å². The summed E-state index contributed by atoms with van der Waals surface area (Å²) in [5, 5.41) is 36.1. The Balaban J connectivity index is 1.12. The molecule has 2 bridgehead atoms. The summed E-state index contributed by atoms with van der Waals surface area (Å²) in [6.45, 7) is 0.0170. The van der Waals surface area contributed by atoms with Crippen molar-refractivity contribution in [1.29, 1.82) is 0 Å². The van der Waals surface area contributed by atoms with Crippen molar-refractivity contribution in [1.82, 2.24) is 24.8 Å². The predicted octanol–water partition coefficient (Wildman–Crippen LogP) is 1.32. The third kappa shape index (κ3) is 4.40. The van der Waals surface area contributed by atoms with E-state index in [0.717, 1.165) is 29.7 Å². The lowest BCUT2D eigenvalue weighted by Gasteiger charge is -2.29. The largest absolute Gasteiger partial charge is 0.394 e. The standard InChI is InChI=1S/C26H28N6O5/c33-11-19-21(34)22(35)26(37-19)32-13-30-20-23(28-12-29-24(20)32)31-17-7-3-15(4-8-17)10-27-25(36)18-9-14-1-5-16(18)6-2-14/h1,3-5,7-9,12-14,16,19,21-22,26,33-35H,2,6,10-11H2,(H,27,36)(H,28,29,31). The van der Waals surface area contributed by atoms with Crippen molar-refractivity contribution in [2.75, 3.05) is 11.9 Å². The molecule has 37 heavy (non-hydrogen) atoms. The second-order valence-electron chi connectivity index (χ2n) is 9.63. The van der Waals surface area contributed by atoms with Gasteiger partial charge in [-0.15, -0.1) is 0 Å². The van der Waals surface area contributed by atoms with Crippen LogP contribution in [-0.4, -0.2) is 65.7 Å². The number of hydrogen-bond acceptors (Lipinski definition) is 9. The molecule has 2 aromatic heterocycles. The third-order valence-corrected chi connectivity index (χ3v) is 7.28. The van der Waals surface area contributed by atoms with Crippen LogP contribution in [0.3, 0.4) is 0 Å². The molecule has 11 heteroatoms. The highest BCUT2D eigenvalue weighted by Crippen LogP contribution is 2.36. The Labute approximate surface area is 212 Å². The number of hydrogen-bond donors (Lipinski definition) is 5. The molecule has 7 rings (SSSR count). The van der Waals surface area contributed by atoms with Crippen LogP contribution < -0.4 is 10.6 Å². The summed E-state index contributed by atoms with van der Waals surface area (Å²) in [7, 11) is 0. The number of benzene rings is 1. The van der Waals surface area contributed by atoms with E-state index in [9.17, 15) is 20.1 Å². The highest BCUT2D eigenvalue weighted by Gasteiger charge is 2.44. The van der Waals surface area contributed by atoms with Gasteiger partial charge in [0.2, 0.25) is 5.91 Å². The zero-order valence-electron chi connectivity index (χ0n) is 19.9. The van der Waals surface area contributed by atoms with Crippen LogP contribution in [0.1, 0.15) is 24.6 Å². The maximum Gasteiger partial charge on any atom is 0.247 e. The van der Waals surface area contributed by atoms with Gasteiger partial charge in [-0.1, -0.05) is 30.4 Å². The van der Waals surface area contributed by atoms with Gasteiger partial charge in [-0.05, 0) is 36.5 Å². The average molecular weight is 505 g/mol. The molecule has 1 fully saturated rings. The molecular formula is C26H28N6O5. The maximum absolute atomic E-state index is 12.7. The van der Waals surface area contributed by atoms with Gasteiger partial charge >= 0.3 is 0 Å². The van der Waals surface area contributed by atoms with Crippen LogP contribution >= 0.6 is 0 Å². The number of carbonyl (C=O) groups is 1. The van der Waals surface area contributed by atoms with E-state index in [0.29, 0.717) is 29.4 Å². The minimum absolute atomic E-state index is 0.00518. The number of amides is 1. The second-order valence-corrected chi connectivity index (χ2v) is 9.63. The van der Waals surface area contributed by atoms with Gasteiger partial charge in [0, 0.05) is 23.7 Å². The summed E-state index contributed by atoms with van der Waals surface area (Å²) in [6, 6.07) is 7.65. The average Bonchev–Trinajstić information content (AvgIpc) is 3.49. The lowest BCUT2D eigenvalue weighted by Crippen LogP contribution is -2.33. The molecule has 0 saturated carbocycles. The summed E-state index contributed by atoms with van der Waals surface area (Å²) in [6.07, 6.45) is 7.12. The van der Waals surface area contributed by atoms with Crippen LogP contribution in [0.2, 0.25) is 0 Å². The minimum Gasteiger partial charge on any atom is -0.394 e. The number of nitrogens with zero attached hydrogens (tertiary/aromatic N) is 4. The van der Waals surface area contributed by atoms with E-state index in [1.807, 2.05) is 24.3 Å². The Bertz CT molecular complexity index is 1370. The van der Waals surface area contributed by atoms with E-state index in [4.69, 9.17) is 4.74 Å². The number of imidazole rings is 1. The lowest BCUT2D eigenvalue weighted by atomic mass is 9.76. The fourth-order valence-electron chi connectivity index (χ4n) is 5.20. The quantitative estimate of drug-likeness (QED) is 0.300. The fraction of sp³-hybridized carbons (Fsp3) is 0.385. The molecule has 192 valence electrons. The van der Waals surface area contributed by atoms with E-state index in [1.54, 1.807) is 0 Å². The molecule has 11 nitrogen and oxygen atoms in total. The number of ether oxygens (including phenoxy) is 1. The van der Waals surface area contributed by atoms with Crippen molar-refractivity contribution in [2.45, 2.75) is 43.9 Å². The molecule has 6 unspecified atom stereocenters. The molecule has 1 aliphatic heterocycles. The smallest absolute Gasteiger partial charge is 0.247 e. The highest BCUT2D eigenvalue weighted by molar-refractivity contribution is 5.94. The number of rotatable bonds is 7. The number of aliphatic hydroxyl groups excluding tert-OH is 3. The molecule has 0 spiro atoms. The molecule has 1 amide bonds. The van der Waals surface area contributed by atoms with Crippen molar-refractivity contribution >= 4 is 28.6 Å². The van der Waals surface area contributed by atoms with Crippen molar-refractivity contribution in [3.05, 3.63) is 66.3 Å². The Hall–Kier alpha value is -3.64. The fourth-order valence-corrected chi connectivity index (χ4v) is 5.20. The molecule has 3 heterocycles. The number of carbonyl (C=O) groups excluding carboxylic acids is 1. The first-order valence-electron chi connectivity index (χ1n) is 12.4. The van der Waals surface area contributed by atoms with Crippen molar-refractivity contribution in [3.8, 4) is 0 Å². The molecule has 0 radical (unpaired) electrons. The molecule has 4 aliphatic rings. The zero-order chi connectivity index (χ0) is 25.5. The van der Waals surface area contributed by atoms with Crippen LogP contribution in [0.4, 0.5) is 11.5 Å². The van der Waals surface area contributed by atoms with Crippen molar-refractivity contribution in [2.24, 2.45) is 11.8 Å². The van der Waals surface area contributed by atoms with Gasteiger partial charge in [-0.25, -0.2) is 15.0 Å². The van der Waals surface area contributed by atoms with E-state index in [2.05, 4.69) is 43.8 Å². The van der Waals surface area contributed by atoms with Crippen LogP contribution in [-0.2, 0) is 16.1 Å². The van der Waals surface area contributed by atoms with E-state index in [-0.39, 0.29) is 11.8 Å². The maximum atomic E-state index is 12.7. The first-order chi connectivity index (χ1) is 18.0. The number of fused-ring (bicyclic) bond motifs is 2. The van der Waals surface area contributed by atoms with Crippen LogP contribution in [0, 0.1) is 11.8 Å². The zero-order valence-corrected chi connectivity index (χ0v) is 19.9. The number of allylic oxidation sites excluding steroid dienone is 3. The first-order valence-corrected chi connectivity index (χ1v) is 12.4. The SMILES string of the molecule is O=C(NCc1ccc(Nc2ncnc3c2ncn3C2OC(CO)C(O)C2O)cc1)C1=CC2C=CC1CC2. The van der Waals surface area contributed by atoms with Crippen LogP contribution in [0.25, 0.3) is 11.2 Å². The number of aliphatic hydroxyl groups is 3. The number of anilines is 2. The van der Waals surface area contributed by atoms with Gasteiger partial charge in [-0.3, -0.25) is 9.36 Å². The molecule has 3 aromatic rings. The Kier molecular flexibility index (Phi) is 6.21. The normalized spacial score (nSPS) is 28.5. The van der Waals surface area contributed by atoms with E-state index < -0.39 is 31.1 Å². The molecule has 1 aromatic carbocycles. The van der Waals surface area contributed by atoms with Gasteiger partial charge < -0.3 is 30.7 Å². The Morgan fingerprint density at radius 2 is 1.92 bits per heavy atom. The lowest BCUT2D eigenvalue weighted by molar-refractivity contribution is -0.118. The number of aromatic nitrogens is 4. The Morgan fingerprint density at radius 1 is 1.08 bits per heavy atom. The van der Waals surface area contributed by atoms with Crippen molar-refractivity contribution < 1.29 is 24.9 Å². The van der Waals surface area contributed by atoms with E-state index >= 15 is 0 Å². The molecule has 3 aliphatic carbocycles. The van der Waals surface area contributed by atoms with Gasteiger partial charge in [0.15, 0.2) is 23.2 Å². The van der Waals surface area contributed by atoms with Gasteiger partial charge in [0.1, 0.15) is 24.6 Å². The summed E-state index contributed by atoms with van der Waals surface area (Å²) in [5.74, 6) is 1.07. The van der Waals surface area contributed by atoms with E-state index in [1.165, 1.54) is 17.2 Å². The number of nitrogens with one attached hydrogen (secondary N) is 2. The molecule has 1 saturated heterocycles. The second kappa shape index (κ2) is 9.67.